The summed E-state index contributed by atoms with van der Waals surface area (Å²) in [5.41, 5.74) is 0.312. The van der Waals surface area contributed by atoms with Gasteiger partial charge in [-0.1, -0.05) is 23.7 Å². The van der Waals surface area contributed by atoms with Crippen LogP contribution >= 0.6 is 46.9 Å². The third-order valence-corrected chi connectivity index (χ3v) is 2.31. The number of rotatable bonds is 1. The maximum Gasteiger partial charge on any atom is 0.369 e. The number of carbonyl (C=O) groups is 1. The Kier molecular flexibility index (Phi) is 4.13. The number of nitrogens with zero attached hydrogens (tertiary/aromatic N) is 2. The molecule has 0 aliphatic rings. The van der Waals surface area contributed by atoms with Crippen LogP contribution in [0.3, 0.4) is 0 Å². The Hall–Kier alpha value is -0.350. The van der Waals surface area contributed by atoms with Crippen molar-refractivity contribution in [2.45, 2.75) is 0 Å². The molecule has 0 heterocycles. The summed E-state index contributed by atoms with van der Waals surface area (Å²) in [6.07, 6.45) is 0. The third-order valence-electron chi connectivity index (χ3n) is 1.38. The summed E-state index contributed by atoms with van der Waals surface area (Å²) in [6.45, 7) is 0. The smallest absolute Gasteiger partial charge is 0.244 e. The third kappa shape index (κ3) is 2.58. The summed E-state index contributed by atoms with van der Waals surface area (Å²) in [6, 6.07) is 5.73. The molecule has 14 heavy (non-hydrogen) atoms. The van der Waals surface area contributed by atoms with Crippen LogP contribution in [0, 0.1) is 0 Å². The molecule has 0 aliphatic carbocycles. The monoisotopic (exact) mass is 272 g/mol. The molecule has 0 saturated carbocycles. The minimum Gasteiger partial charge on any atom is -0.244 e. The first-order valence-corrected chi connectivity index (χ1v) is 4.79. The number of hydrogen-bond donors (Lipinski definition) is 0. The first kappa shape index (κ1) is 11.7. The van der Waals surface area contributed by atoms with Crippen LogP contribution in [-0.2, 0) is 0 Å². The minimum atomic E-state index is -0.803. The summed E-state index contributed by atoms with van der Waals surface area (Å²) < 4.78 is 1.04. The highest BCUT2D eigenvalue weighted by atomic mass is 35.5. The number of carbonyl (C=O) groups excluding carboxylic acids is 1. The molecule has 0 aromatic heterocycles. The molecule has 7 heteroatoms. The van der Waals surface area contributed by atoms with Crippen molar-refractivity contribution in [1.82, 2.24) is 3.94 Å². The van der Waals surface area contributed by atoms with Gasteiger partial charge in [-0.15, -0.1) is 3.94 Å². The van der Waals surface area contributed by atoms with Gasteiger partial charge in [-0.3, -0.25) is 0 Å². The fraction of sp³-hybridized carbons (Fsp3) is 0. The van der Waals surface area contributed by atoms with Gasteiger partial charge in [0.25, 0.3) is 0 Å². The molecular weight excluding hydrogens is 270 g/mol. The quantitative estimate of drug-likeness (QED) is 0.709. The average Bonchev–Trinajstić information content (AvgIpc) is 2.16. The van der Waals surface area contributed by atoms with Gasteiger partial charge in [-0.25, -0.2) is 4.79 Å². The number of benzene rings is 1. The SMILES string of the molecule is O=C(N(Cl)Cl)N(Cl)c1ccccc1Cl. The van der Waals surface area contributed by atoms with E-state index in [1.165, 1.54) is 0 Å². The predicted octanol–water partition coefficient (Wildman–Crippen LogP) is 4.03. The summed E-state index contributed by atoms with van der Waals surface area (Å²) in [5, 5.41) is 0.325. The van der Waals surface area contributed by atoms with Crippen molar-refractivity contribution in [3.05, 3.63) is 29.3 Å². The van der Waals surface area contributed by atoms with Gasteiger partial charge in [0.1, 0.15) is 0 Å². The molecule has 0 unspecified atom stereocenters. The maximum absolute atomic E-state index is 11.2. The van der Waals surface area contributed by atoms with E-state index in [4.69, 9.17) is 46.9 Å². The molecule has 1 aromatic carbocycles. The normalized spacial score (nSPS) is 9.71. The molecule has 2 amide bonds. The Morgan fingerprint density at radius 1 is 1.14 bits per heavy atom. The van der Waals surface area contributed by atoms with Crippen LogP contribution in [0.5, 0.6) is 0 Å². The fourth-order valence-corrected chi connectivity index (χ4v) is 1.50. The highest BCUT2D eigenvalue weighted by molar-refractivity contribution is 6.49. The molecular formula is C7H4Cl4N2O. The van der Waals surface area contributed by atoms with E-state index in [0.717, 1.165) is 4.42 Å². The lowest BCUT2D eigenvalue weighted by atomic mass is 10.3. The molecule has 0 saturated heterocycles. The Balaban J connectivity index is 2.95. The lowest BCUT2D eigenvalue weighted by molar-refractivity contribution is 0.246. The van der Waals surface area contributed by atoms with Crippen molar-refractivity contribution in [2.24, 2.45) is 0 Å². The van der Waals surface area contributed by atoms with Crippen molar-refractivity contribution in [3.8, 4) is 0 Å². The summed E-state index contributed by atoms with van der Waals surface area (Å²) in [7, 11) is 0. The zero-order chi connectivity index (χ0) is 10.7. The largest absolute Gasteiger partial charge is 0.369 e. The molecule has 3 nitrogen and oxygen atoms in total. The van der Waals surface area contributed by atoms with E-state index >= 15 is 0 Å². The van der Waals surface area contributed by atoms with Crippen LogP contribution in [0.2, 0.25) is 5.02 Å². The number of anilines is 1. The van der Waals surface area contributed by atoms with Gasteiger partial charge in [-0.05, 0) is 12.1 Å². The van der Waals surface area contributed by atoms with E-state index in [0.29, 0.717) is 14.6 Å². The molecule has 0 fully saturated rings. The molecule has 1 rings (SSSR count). The van der Waals surface area contributed by atoms with Crippen LogP contribution < -0.4 is 4.42 Å². The fourth-order valence-electron chi connectivity index (χ4n) is 0.780. The Morgan fingerprint density at radius 3 is 2.21 bits per heavy atom. The lowest BCUT2D eigenvalue weighted by Crippen LogP contribution is -2.26. The summed E-state index contributed by atoms with van der Waals surface area (Å²) in [5.74, 6) is 0. The van der Waals surface area contributed by atoms with Crippen LogP contribution in [-0.4, -0.2) is 9.97 Å². The molecule has 0 bridgehead atoms. The number of urea groups is 1. The average molecular weight is 274 g/mol. The van der Waals surface area contributed by atoms with Crippen molar-refractivity contribution in [2.75, 3.05) is 4.42 Å². The number of halogens is 4. The zero-order valence-electron chi connectivity index (χ0n) is 6.62. The second-order valence-electron chi connectivity index (χ2n) is 2.25. The van der Waals surface area contributed by atoms with Crippen LogP contribution in [0.4, 0.5) is 10.5 Å². The van der Waals surface area contributed by atoms with Crippen LogP contribution in [0.25, 0.3) is 0 Å². The molecule has 0 radical (unpaired) electrons. The molecule has 1 aromatic rings. The first-order valence-electron chi connectivity index (χ1n) is 3.40. The van der Waals surface area contributed by atoms with Crippen LogP contribution in [0.1, 0.15) is 0 Å². The second kappa shape index (κ2) is 4.94. The van der Waals surface area contributed by atoms with Gasteiger partial charge in [0.05, 0.1) is 10.7 Å². The second-order valence-corrected chi connectivity index (χ2v) is 3.84. The van der Waals surface area contributed by atoms with Crippen molar-refractivity contribution in [3.63, 3.8) is 0 Å². The topological polar surface area (TPSA) is 23.6 Å². The van der Waals surface area contributed by atoms with Crippen molar-refractivity contribution in [1.29, 1.82) is 0 Å². The minimum absolute atomic E-state index is 0.312. The Bertz CT molecular complexity index is 344. The summed E-state index contributed by atoms with van der Waals surface area (Å²) >= 11 is 21.8. The Morgan fingerprint density at radius 2 is 1.71 bits per heavy atom. The lowest BCUT2D eigenvalue weighted by Gasteiger charge is -2.15. The maximum atomic E-state index is 11.2. The number of amides is 2. The predicted molar refractivity (Wildman–Crippen MR) is 58.7 cm³/mol. The van der Waals surface area contributed by atoms with Gasteiger partial charge >= 0.3 is 6.03 Å². The van der Waals surface area contributed by atoms with Gasteiger partial charge < -0.3 is 0 Å². The Labute approximate surface area is 101 Å². The molecule has 0 spiro atoms. The van der Waals surface area contributed by atoms with Gasteiger partial charge in [-0.2, -0.15) is 4.42 Å². The first-order chi connectivity index (χ1) is 6.54. The van der Waals surface area contributed by atoms with Gasteiger partial charge in [0, 0.05) is 35.3 Å². The summed E-state index contributed by atoms with van der Waals surface area (Å²) in [4.78, 5) is 11.2. The standard InChI is InChI=1S/C7H4Cl4N2O/c8-5-3-1-2-4-6(5)12(9)7(14)13(10)11/h1-4H. The number of hydrogen-bond acceptors (Lipinski definition) is 1. The number of para-hydroxylation sites is 1. The molecule has 76 valence electrons. The highest BCUT2D eigenvalue weighted by Crippen LogP contribution is 2.28. The van der Waals surface area contributed by atoms with Crippen molar-refractivity contribution >= 4 is 58.6 Å². The molecule has 0 atom stereocenters. The van der Waals surface area contributed by atoms with E-state index in [1.807, 2.05) is 0 Å². The van der Waals surface area contributed by atoms with Crippen LogP contribution in [0.15, 0.2) is 24.3 Å². The van der Waals surface area contributed by atoms with Crippen molar-refractivity contribution < 1.29 is 4.79 Å². The van der Waals surface area contributed by atoms with Gasteiger partial charge in [0.15, 0.2) is 0 Å². The van der Waals surface area contributed by atoms with Gasteiger partial charge in [0.2, 0.25) is 0 Å². The van der Waals surface area contributed by atoms with E-state index in [-0.39, 0.29) is 0 Å². The van der Waals surface area contributed by atoms with E-state index in [9.17, 15) is 4.79 Å². The molecule has 0 aliphatic heterocycles. The van der Waals surface area contributed by atoms with E-state index in [2.05, 4.69) is 0 Å². The van der Waals surface area contributed by atoms with E-state index < -0.39 is 6.03 Å². The zero-order valence-corrected chi connectivity index (χ0v) is 9.65. The van der Waals surface area contributed by atoms with E-state index in [1.54, 1.807) is 24.3 Å². The highest BCUT2D eigenvalue weighted by Gasteiger charge is 2.20. The molecule has 0 N–H and O–H groups in total.